The van der Waals surface area contributed by atoms with Crippen molar-refractivity contribution in [3.8, 4) is 0 Å². The van der Waals surface area contributed by atoms with Crippen molar-refractivity contribution in [2.75, 3.05) is 12.8 Å². The third-order valence-electron chi connectivity index (χ3n) is 4.35. The quantitative estimate of drug-likeness (QED) is 0.922. The normalized spacial score (nSPS) is 18.3. The summed E-state index contributed by atoms with van der Waals surface area (Å²) in [5.74, 6) is 0.800. The van der Waals surface area contributed by atoms with Crippen molar-refractivity contribution in [3.63, 3.8) is 0 Å². The van der Waals surface area contributed by atoms with Gasteiger partial charge in [-0.3, -0.25) is 0 Å². The molecule has 0 saturated heterocycles. The molecule has 1 heterocycles. The highest BCUT2D eigenvalue weighted by atomic mass is 32.2. The molecule has 21 heavy (non-hydrogen) atoms. The summed E-state index contributed by atoms with van der Waals surface area (Å²) < 4.78 is 30.8. The van der Waals surface area contributed by atoms with Crippen LogP contribution in [0.15, 0.2) is 34.7 Å². The van der Waals surface area contributed by atoms with E-state index in [-0.39, 0.29) is 17.0 Å². The zero-order chi connectivity index (χ0) is 14.9. The fourth-order valence-electron chi connectivity index (χ4n) is 3.10. The zero-order valence-corrected chi connectivity index (χ0v) is 13.0. The van der Waals surface area contributed by atoms with Crippen LogP contribution in [0.1, 0.15) is 37.5 Å². The molecule has 0 aliphatic heterocycles. The fraction of sp³-hybridized carbons (Fsp3) is 0.500. The average Bonchev–Trinajstić information content (AvgIpc) is 3.13. The molecule has 4 nitrogen and oxygen atoms in total. The molecule has 1 N–H and O–H groups in total. The molecular formula is C16H21NO3S. The van der Waals surface area contributed by atoms with E-state index in [1.54, 1.807) is 7.05 Å². The minimum atomic E-state index is -3.08. The predicted octanol–water partition coefficient (Wildman–Crippen LogP) is 3.05. The Morgan fingerprint density at radius 1 is 1.29 bits per heavy atom. The minimum Gasteiger partial charge on any atom is -0.459 e. The van der Waals surface area contributed by atoms with Gasteiger partial charge < -0.3 is 9.73 Å². The van der Waals surface area contributed by atoms with E-state index in [1.807, 2.05) is 30.3 Å². The van der Waals surface area contributed by atoms with E-state index in [4.69, 9.17) is 4.42 Å². The summed E-state index contributed by atoms with van der Waals surface area (Å²) in [5.41, 5.74) is 0.797. The van der Waals surface area contributed by atoms with Crippen LogP contribution in [0.4, 0.5) is 0 Å². The van der Waals surface area contributed by atoms with Gasteiger partial charge in [0.25, 0.3) is 0 Å². The number of fused-ring (bicyclic) bond motifs is 1. The Bertz CT molecular complexity index is 681. The second kappa shape index (κ2) is 5.81. The van der Waals surface area contributed by atoms with Crippen LogP contribution < -0.4 is 5.32 Å². The Hall–Kier alpha value is -1.33. The summed E-state index contributed by atoms with van der Waals surface area (Å²) in [5, 5.41) is 3.92. The van der Waals surface area contributed by atoms with Crippen LogP contribution in [0.2, 0.25) is 0 Å². The highest BCUT2D eigenvalue weighted by Gasteiger charge is 2.32. The molecule has 1 fully saturated rings. The summed E-state index contributed by atoms with van der Waals surface area (Å²) in [6, 6.07) is 9.38. The van der Waals surface area contributed by atoms with Gasteiger partial charge in [-0.25, -0.2) is 8.42 Å². The van der Waals surface area contributed by atoms with E-state index in [0.717, 1.165) is 36.7 Å². The summed E-state index contributed by atoms with van der Waals surface area (Å²) in [6.07, 6.45) is 3.66. The van der Waals surface area contributed by atoms with Gasteiger partial charge in [0.15, 0.2) is 9.84 Å². The van der Waals surface area contributed by atoms with E-state index in [2.05, 4.69) is 5.32 Å². The molecule has 1 aliphatic carbocycles. The summed E-state index contributed by atoms with van der Waals surface area (Å²) in [4.78, 5) is 0. The molecule has 1 aromatic carbocycles. The number of nitrogens with one attached hydrogen (secondary N) is 1. The number of benzene rings is 1. The summed E-state index contributed by atoms with van der Waals surface area (Å²) in [6.45, 7) is 0. The van der Waals surface area contributed by atoms with Crippen LogP contribution in [-0.2, 0) is 9.84 Å². The Balaban J connectivity index is 1.84. The van der Waals surface area contributed by atoms with Crippen molar-refractivity contribution < 1.29 is 12.8 Å². The van der Waals surface area contributed by atoms with Gasteiger partial charge in [0, 0.05) is 5.39 Å². The minimum absolute atomic E-state index is 0.105. The number of hydrogen-bond donors (Lipinski definition) is 1. The van der Waals surface area contributed by atoms with Gasteiger partial charge in [-0.05, 0) is 32.0 Å². The second-order valence-electron chi connectivity index (χ2n) is 5.76. The first kappa shape index (κ1) is 14.6. The number of furan rings is 1. The largest absolute Gasteiger partial charge is 0.459 e. The standard InChI is InChI=1S/C16H21NO3S/c1-17-14(11-21(18,19)13-7-3-4-8-13)16-10-12-6-2-5-9-15(12)20-16/h2,5-6,9-10,13-14,17H,3-4,7-8,11H2,1H3. The second-order valence-corrected chi connectivity index (χ2v) is 8.09. The molecular weight excluding hydrogens is 286 g/mol. The first-order chi connectivity index (χ1) is 10.1. The SMILES string of the molecule is CNC(CS(=O)(=O)C1CCCC1)c1cc2ccccc2o1. The van der Waals surface area contributed by atoms with Gasteiger partial charge in [-0.2, -0.15) is 0 Å². The van der Waals surface area contributed by atoms with E-state index in [9.17, 15) is 8.42 Å². The van der Waals surface area contributed by atoms with E-state index in [0.29, 0.717) is 5.76 Å². The molecule has 1 aromatic heterocycles. The number of rotatable bonds is 5. The molecule has 1 aliphatic rings. The highest BCUT2D eigenvalue weighted by Crippen LogP contribution is 2.29. The molecule has 1 unspecified atom stereocenters. The first-order valence-electron chi connectivity index (χ1n) is 7.47. The lowest BCUT2D eigenvalue weighted by Crippen LogP contribution is -2.30. The molecule has 3 rings (SSSR count). The van der Waals surface area contributed by atoms with Gasteiger partial charge in [-0.1, -0.05) is 31.0 Å². The molecule has 1 atom stereocenters. The van der Waals surface area contributed by atoms with Crippen molar-refractivity contribution in [3.05, 3.63) is 36.1 Å². The molecule has 2 aromatic rings. The van der Waals surface area contributed by atoms with Gasteiger partial charge in [-0.15, -0.1) is 0 Å². The monoisotopic (exact) mass is 307 g/mol. The predicted molar refractivity (Wildman–Crippen MR) is 84.1 cm³/mol. The van der Waals surface area contributed by atoms with E-state index >= 15 is 0 Å². The van der Waals surface area contributed by atoms with E-state index in [1.165, 1.54) is 0 Å². The van der Waals surface area contributed by atoms with Gasteiger partial charge in [0.05, 0.1) is 17.0 Å². The molecule has 5 heteroatoms. The third-order valence-corrected chi connectivity index (χ3v) is 6.63. The summed E-state index contributed by atoms with van der Waals surface area (Å²) >= 11 is 0. The Labute approximate surface area is 125 Å². The van der Waals surface area contributed by atoms with Crippen molar-refractivity contribution in [2.45, 2.75) is 37.0 Å². The average molecular weight is 307 g/mol. The topological polar surface area (TPSA) is 59.3 Å². The molecule has 1 saturated carbocycles. The lowest BCUT2D eigenvalue weighted by atomic mass is 10.2. The molecule has 0 radical (unpaired) electrons. The van der Waals surface area contributed by atoms with Crippen LogP contribution in [0.5, 0.6) is 0 Å². The molecule has 114 valence electrons. The lowest BCUT2D eigenvalue weighted by Gasteiger charge is -2.17. The maximum absolute atomic E-state index is 12.5. The number of hydrogen-bond acceptors (Lipinski definition) is 4. The van der Waals surface area contributed by atoms with Crippen LogP contribution in [0.3, 0.4) is 0 Å². The molecule has 0 amide bonds. The molecule has 0 bridgehead atoms. The number of para-hydroxylation sites is 1. The Morgan fingerprint density at radius 3 is 2.67 bits per heavy atom. The zero-order valence-electron chi connectivity index (χ0n) is 12.2. The van der Waals surface area contributed by atoms with Gasteiger partial charge in [0.2, 0.25) is 0 Å². The van der Waals surface area contributed by atoms with E-state index < -0.39 is 9.84 Å². The van der Waals surface area contributed by atoms with Gasteiger partial charge in [0.1, 0.15) is 11.3 Å². The van der Waals surface area contributed by atoms with Gasteiger partial charge >= 0.3 is 0 Å². The van der Waals surface area contributed by atoms with Crippen molar-refractivity contribution in [1.29, 1.82) is 0 Å². The third kappa shape index (κ3) is 2.99. The number of sulfone groups is 1. The van der Waals surface area contributed by atoms with Crippen molar-refractivity contribution >= 4 is 20.8 Å². The lowest BCUT2D eigenvalue weighted by molar-refractivity contribution is 0.469. The Kier molecular flexibility index (Phi) is 4.04. The maximum atomic E-state index is 12.5. The smallest absolute Gasteiger partial charge is 0.155 e. The Morgan fingerprint density at radius 2 is 2.00 bits per heavy atom. The molecule has 0 spiro atoms. The van der Waals surface area contributed by atoms with Crippen molar-refractivity contribution in [2.24, 2.45) is 0 Å². The fourth-order valence-corrected chi connectivity index (χ4v) is 5.22. The summed E-state index contributed by atoms with van der Waals surface area (Å²) in [7, 11) is -1.30. The van der Waals surface area contributed by atoms with Crippen molar-refractivity contribution in [1.82, 2.24) is 5.32 Å². The van der Waals surface area contributed by atoms with Crippen LogP contribution in [0.25, 0.3) is 11.0 Å². The maximum Gasteiger partial charge on any atom is 0.155 e. The van der Waals surface area contributed by atoms with Crippen LogP contribution in [-0.4, -0.2) is 26.5 Å². The highest BCUT2D eigenvalue weighted by molar-refractivity contribution is 7.92. The first-order valence-corrected chi connectivity index (χ1v) is 9.19. The van der Waals surface area contributed by atoms with Crippen LogP contribution in [0, 0.1) is 0 Å². The van der Waals surface area contributed by atoms with Crippen LogP contribution >= 0.6 is 0 Å².